The molecule has 0 unspecified atom stereocenters. The molecule has 0 fully saturated rings. The van der Waals surface area contributed by atoms with Gasteiger partial charge in [0.15, 0.2) is 0 Å². The van der Waals surface area contributed by atoms with Gasteiger partial charge >= 0.3 is 0 Å². The monoisotopic (exact) mass is 334 g/mol. The first-order valence-corrected chi connectivity index (χ1v) is 6.57. The number of nitrogens with one attached hydrogen (secondary N) is 1. The van der Waals surface area contributed by atoms with Gasteiger partial charge in [-0.2, -0.15) is 0 Å². The highest BCUT2D eigenvalue weighted by Gasteiger charge is 2.11. The van der Waals surface area contributed by atoms with Gasteiger partial charge in [-0.3, -0.25) is 14.7 Å². The van der Waals surface area contributed by atoms with E-state index in [1.165, 1.54) is 12.1 Å². The number of nitrogens with zero attached hydrogens (tertiary/aromatic N) is 1. The lowest BCUT2D eigenvalue weighted by molar-refractivity contribution is 0.604. The average Bonchev–Trinajstić information content (AvgIpc) is 2.43. The number of aromatic nitrogens is 2. The molecule has 3 rings (SSSR count). The summed E-state index contributed by atoms with van der Waals surface area (Å²) in [7, 11) is 0. The first-order valence-electron chi connectivity index (χ1n) is 5.77. The molecule has 20 heavy (non-hydrogen) atoms. The van der Waals surface area contributed by atoms with Gasteiger partial charge in [0.1, 0.15) is 11.5 Å². The van der Waals surface area contributed by atoms with Crippen molar-refractivity contribution in [2.45, 2.75) is 0 Å². The van der Waals surface area contributed by atoms with Gasteiger partial charge in [-0.1, -0.05) is 28.1 Å². The van der Waals surface area contributed by atoms with Crippen LogP contribution in [0.3, 0.4) is 0 Å². The maximum atomic E-state index is 13.9. The molecule has 0 aliphatic heterocycles. The largest absolute Gasteiger partial charge is 0.277 e. The Bertz CT molecular complexity index is 930. The molecule has 0 aliphatic carbocycles. The van der Waals surface area contributed by atoms with Crippen LogP contribution < -0.4 is 11.1 Å². The summed E-state index contributed by atoms with van der Waals surface area (Å²) in [4.78, 5) is 24.3. The fourth-order valence-corrected chi connectivity index (χ4v) is 2.37. The molecule has 0 saturated carbocycles. The van der Waals surface area contributed by atoms with E-state index in [4.69, 9.17) is 0 Å². The number of hydrogen-bond acceptors (Lipinski definition) is 2. The molecule has 6 heteroatoms. The Morgan fingerprint density at radius 1 is 1.05 bits per heavy atom. The van der Waals surface area contributed by atoms with Crippen molar-refractivity contribution in [3.05, 3.63) is 73.5 Å². The minimum atomic E-state index is -0.604. The molecule has 1 aromatic heterocycles. The molecule has 0 spiro atoms. The minimum absolute atomic E-state index is 0.000975. The maximum absolute atomic E-state index is 13.9. The molecule has 3 aromatic rings. The van der Waals surface area contributed by atoms with Crippen LogP contribution in [0.5, 0.6) is 0 Å². The second kappa shape index (κ2) is 4.72. The summed E-state index contributed by atoms with van der Waals surface area (Å²) in [5.74, 6) is -0.604. The molecule has 1 heterocycles. The van der Waals surface area contributed by atoms with E-state index in [0.717, 1.165) is 4.68 Å². The van der Waals surface area contributed by atoms with Crippen LogP contribution in [0.25, 0.3) is 16.5 Å². The highest BCUT2D eigenvalue weighted by molar-refractivity contribution is 9.10. The van der Waals surface area contributed by atoms with Crippen LogP contribution in [0.4, 0.5) is 4.39 Å². The van der Waals surface area contributed by atoms with Gasteiger partial charge in [-0.15, -0.1) is 0 Å². The zero-order valence-corrected chi connectivity index (χ0v) is 11.6. The van der Waals surface area contributed by atoms with Gasteiger partial charge in [0.05, 0.1) is 10.8 Å². The number of H-pyrrole nitrogens is 1. The highest BCUT2D eigenvalue weighted by atomic mass is 79.9. The molecule has 4 nitrogen and oxygen atoms in total. The average molecular weight is 335 g/mol. The SMILES string of the molecule is O=c1[nH]n(-c2ccc(Br)cc2F)c(=O)c2ccccc12. The molecule has 100 valence electrons. The Morgan fingerprint density at radius 3 is 2.45 bits per heavy atom. The molecule has 0 atom stereocenters. The van der Waals surface area contributed by atoms with E-state index >= 15 is 0 Å². The predicted octanol–water partition coefficient (Wildman–Crippen LogP) is 2.58. The van der Waals surface area contributed by atoms with Crippen molar-refractivity contribution in [3.8, 4) is 5.69 Å². The number of fused-ring (bicyclic) bond motifs is 1. The Morgan fingerprint density at radius 2 is 1.75 bits per heavy atom. The Labute approximate surface area is 120 Å². The summed E-state index contributed by atoms with van der Waals surface area (Å²) in [6.45, 7) is 0. The predicted molar refractivity (Wildman–Crippen MR) is 77.8 cm³/mol. The quantitative estimate of drug-likeness (QED) is 0.743. The third-order valence-corrected chi connectivity index (χ3v) is 3.46. The van der Waals surface area contributed by atoms with Crippen molar-refractivity contribution in [1.29, 1.82) is 0 Å². The number of halogens is 2. The van der Waals surface area contributed by atoms with E-state index in [-0.39, 0.29) is 16.5 Å². The van der Waals surface area contributed by atoms with E-state index in [9.17, 15) is 14.0 Å². The molecular weight excluding hydrogens is 327 g/mol. The van der Waals surface area contributed by atoms with Crippen LogP contribution in [-0.4, -0.2) is 9.78 Å². The van der Waals surface area contributed by atoms with E-state index in [2.05, 4.69) is 21.0 Å². The van der Waals surface area contributed by atoms with Gasteiger partial charge in [-0.05, 0) is 30.3 Å². The normalized spacial score (nSPS) is 10.9. The summed E-state index contributed by atoms with van der Waals surface area (Å²) in [6, 6.07) is 10.7. The van der Waals surface area contributed by atoms with Gasteiger partial charge in [0, 0.05) is 4.47 Å². The molecule has 0 amide bonds. The number of rotatable bonds is 1. The molecule has 0 saturated heterocycles. The highest BCUT2D eigenvalue weighted by Crippen LogP contribution is 2.17. The lowest BCUT2D eigenvalue weighted by atomic mass is 10.2. The Balaban J connectivity index is 2.41. The number of hydrogen-bond donors (Lipinski definition) is 1. The van der Waals surface area contributed by atoms with Crippen LogP contribution in [0.15, 0.2) is 56.5 Å². The van der Waals surface area contributed by atoms with Crippen molar-refractivity contribution >= 4 is 26.7 Å². The smallest absolute Gasteiger partial charge is 0.267 e. The van der Waals surface area contributed by atoms with Crippen molar-refractivity contribution < 1.29 is 4.39 Å². The van der Waals surface area contributed by atoms with Gasteiger partial charge < -0.3 is 0 Å². The zero-order valence-electron chi connectivity index (χ0n) is 10.1. The summed E-state index contributed by atoms with van der Waals surface area (Å²) in [5.41, 5.74) is -0.912. The van der Waals surface area contributed by atoms with E-state index in [0.29, 0.717) is 4.47 Å². The fourth-order valence-electron chi connectivity index (χ4n) is 2.03. The number of benzene rings is 2. The minimum Gasteiger partial charge on any atom is -0.267 e. The van der Waals surface area contributed by atoms with Gasteiger partial charge in [-0.25, -0.2) is 9.07 Å². The van der Waals surface area contributed by atoms with Crippen molar-refractivity contribution in [2.75, 3.05) is 0 Å². The summed E-state index contributed by atoms with van der Waals surface area (Å²) in [6.07, 6.45) is 0. The fraction of sp³-hybridized carbons (Fsp3) is 0. The third-order valence-electron chi connectivity index (χ3n) is 2.97. The standard InChI is InChI=1S/C14H8BrFN2O2/c15-8-5-6-12(11(16)7-8)18-14(20)10-4-2-1-3-9(10)13(19)17-18/h1-7H,(H,17,19). The Hall–Kier alpha value is -2.21. The van der Waals surface area contributed by atoms with Gasteiger partial charge in [0.2, 0.25) is 0 Å². The summed E-state index contributed by atoms with van der Waals surface area (Å²) >= 11 is 3.14. The van der Waals surface area contributed by atoms with Crippen LogP contribution in [0, 0.1) is 5.82 Å². The van der Waals surface area contributed by atoms with E-state index < -0.39 is 16.9 Å². The molecular formula is C14H8BrFN2O2. The Kier molecular flexibility index (Phi) is 3.02. The van der Waals surface area contributed by atoms with Crippen molar-refractivity contribution in [1.82, 2.24) is 9.78 Å². The zero-order chi connectivity index (χ0) is 14.3. The molecule has 0 radical (unpaired) electrons. The summed E-state index contributed by atoms with van der Waals surface area (Å²) in [5, 5.41) is 2.92. The van der Waals surface area contributed by atoms with Crippen LogP contribution in [0.2, 0.25) is 0 Å². The maximum Gasteiger partial charge on any atom is 0.277 e. The first kappa shape index (κ1) is 12.8. The summed E-state index contributed by atoms with van der Waals surface area (Å²) < 4.78 is 15.4. The van der Waals surface area contributed by atoms with Crippen LogP contribution >= 0.6 is 15.9 Å². The lowest BCUT2D eigenvalue weighted by Crippen LogP contribution is -2.29. The van der Waals surface area contributed by atoms with Gasteiger partial charge in [0.25, 0.3) is 11.1 Å². The first-order chi connectivity index (χ1) is 9.58. The third kappa shape index (κ3) is 1.98. The molecule has 0 aliphatic rings. The van der Waals surface area contributed by atoms with E-state index in [1.54, 1.807) is 30.3 Å². The molecule has 2 aromatic carbocycles. The second-order valence-corrected chi connectivity index (χ2v) is 5.14. The van der Waals surface area contributed by atoms with Crippen LogP contribution in [0.1, 0.15) is 0 Å². The second-order valence-electron chi connectivity index (χ2n) is 4.22. The topological polar surface area (TPSA) is 54.9 Å². The molecule has 0 bridgehead atoms. The molecule has 1 N–H and O–H groups in total. The van der Waals surface area contributed by atoms with Crippen molar-refractivity contribution in [3.63, 3.8) is 0 Å². The number of aromatic amines is 1. The lowest BCUT2D eigenvalue weighted by Gasteiger charge is -2.08. The van der Waals surface area contributed by atoms with Crippen molar-refractivity contribution in [2.24, 2.45) is 0 Å². The van der Waals surface area contributed by atoms with E-state index in [1.807, 2.05) is 0 Å². The van der Waals surface area contributed by atoms with Crippen LogP contribution in [-0.2, 0) is 0 Å².